The summed E-state index contributed by atoms with van der Waals surface area (Å²) in [6, 6.07) is 6.44. The minimum Gasteiger partial charge on any atom is -0.370 e. The first-order valence-electron chi connectivity index (χ1n) is 8.16. The van der Waals surface area contributed by atoms with E-state index in [9.17, 15) is 4.39 Å². The summed E-state index contributed by atoms with van der Waals surface area (Å²) in [7, 11) is 0. The van der Waals surface area contributed by atoms with E-state index in [1.165, 1.54) is 23.4 Å². The SMILES string of the molecule is Fc1ccc(-c2nc3ncnn3cc2CC[NH+]2CCOCC2)cc1. The molecule has 6 nitrogen and oxygen atoms in total. The monoisotopic (exact) mass is 328 g/mol. The molecule has 3 aromatic rings. The van der Waals surface area contributed by atoms with Crippen LogP contribution in [0.4, 0.5) is 4.39 Å². The zero-order valence-electron chi connectivity index (χ0n) is 13.3. The average molecular weight is 328 g/mol. The van der Waals surface area contributed by atoms with Crippen LogP contribution >= 0.6 is 0 Å². The molecule has 0 radical (unpaired) electrons. The number of morpholine rings is 1. The molecular formula is C17H19FN5O+. The first-order valence-corrected chi connectivity index (χ1v) is 8.16. The summed E-state index contributed by atoms with van der Waals surface area (Å²) >= 11 is 0. The minimum atomic E-state index is -0.249. The molecule has 0 amide bonds. The van der Waals surface area contributed by atoms with Gasteiger partial charge in [0.1, 0.15) is 25.2 Å². The van der Waals surface area contributed by atoms with Gasteiger partial charge >= 0.3 is 0 Å². The highest BCUT2D eigenvalue weighted by Crippen LogP contribution is 2.22. The van der Waals surface area contributed by atoms with Crippen LogP contribution in [-0.4, -0.2) is 52.4 Å². The number of ether oxygens (including phenoxy) is 1. The predicted molar refractivity (Wildman–Crippen MR) is 86.3 cm³/mol. The molecule has 7 heteroatoms. The summed E-state index contributed by atoms with van der Waals surface area (Å²) in [5.74, 6) is 0.304. The Hall–Kier alpha value is -2.38. The molecule has 1 fully saturated rings. The van der Waals surface area contributed by atoms with Crippen molar-refractivity contribution in [3.8, 4) is 11.3 Å². The number of hydrogen-bond acceptors (Lipinski definition) is 4. The Morgan fingerprint density at radius 1 is 1.17 bits per heavy atom. The van der Waals surface area contributed by atoms with Crippen molar-refractivity contribution in [2.45, 2.75) is 6.42 Å². The summed E-state index contributed by atoms with van der Waals surface area (Å²) in [5.41, 5.74) is 2.84. The van der Waals surface area contributed by atoms with E-state index in [-0.39, 0.29) is 5.82 Å². The number of aromatic nitrogens is 4. The topological polar surface area (TPSA) is 56.8 Å². The first-order chi connectivity index (χ1) is 11.8. The van der Waals surface area contributed by atoms with Gasteiger partial charge in [-0.2, -0.15) is 10.1 Å². The van der Waals surface area contributed by atoms with Gasteiger partial charge in [0.2, 0.25) is 0 Å². The summed E-state index contributed by atoms with van der Waals surface area (Å²) in [5, 5.41) is 4.18. The normalized spacial score (nSPS) is 15.9. The fourth-order valence-electron chi connectivity index (χ4n) is 3.06. The molecule has 1 aliphatic heterocycles. The van der Waals surface area contributed by atoms with Gasteiger partial charge in [-0.1, -0.05) is 0 Å². The molecule has 24 heavy (non-hydrogen) atoms. The Kier molecular flexibility index (Phi) is 4.18. The molecule has 124 valence electrons. The van der Waals surface area contributed by atoms with Crippen LogP contribution in [0.5, 0.6) is 0 Å². The maximum absolute atomic E-state index is 13.2. The van der Waals surface area contributed by atoms with Crippen molar-refractivity contribution in [3.63, 3.8) is 0 Å². The van der Waals surface area contributed by atoms with Crippen LogP contribution in [0.1, 0.15) is 5.56 Å². The highest BCUT2D eigenvalue weighted by Gasteiger charge is 2.16. The Morgan fingerprint density at radius 3 is 2.75 bits per heavy atom. The number of hydrogen-bond donors (Lipinski definition) is 1. The van der Waals surface area contributed by atoms with Gasteiger partial charge in [0.25, 0.3) is 5.78 Å². The number of quaternary nitrogens is 1. The van der Waals surface area contributed by atoms with Gasteiger partial charge in [0.15, 0.2) is 0 Å². The van der Waals surface area contributed by atoms with Gasteiger partial charge in [-0.3, -0.25) is 0 Å². The molecule has 3 heterocycles. The van der Waals surface area contributed by atoms with Crippen molar-refractivity contribution >= 4 is 5.78 Å². The van der Waals surface area contributed by atoms with Crippen LogP contribution in [0.25, 0.3) is 17.0 Å². The second-order valence-electron chi connectivity index (χ2n) is 5.99. The van der Waals surface area contributed by atoms with Crippen LogP contribution in [0.2, 0.25) is 0 Å². The van der Waals surface area contributed by atoms with Crippen molar-refractivity contribution < 1.29 is 14.0 Å². The van der Waals surface area contributed by atoms with Crippen molar-refractivity contribution in [2.24, 2.45) is 0 Å². The van der Waals surface area contributed by atoms with E-state index in [2.05, 4.69) is 15.1 Å². The van der Waals surface area contributed by atoms with E-state index in [1.807, 2.05) is 6.20 Å². The molecule has 0 unspecified atom stereocenters. The quantitative estimate of drug-likeness (QED) is 0.753. The summed E-state index contributed by atoms with van der Waals surface area (Å²) in [6.45, 7) is 4.72. The van der Waals surface area contributed by atoms with Crippen molar-refractivity contribution in [3.05, 3.63) is 48.2 Å². The van der Waals surface area contributed by atoms with E-state index >= 15 is 0 Å². The lowest BCUT2D eigenvalue weighted by atomic mass is 10.0. The largest absolute Gasteiger partial charge is 0.370 e. The zero-order valence-corrected chi connectivity index (χ0v) is 13.3. The number of nitrogens with zero attached hydrogens (tertiary/aromatic N) is 4. The summed E-state index contributed by atoms with van der Waals surface area (Å²) < 4.78 is 20.3. The molecule has 1 N–H and O–H groups in total. The second-order valence-corrected chi connectivity index (χ2v) is 5.99. The van der Waals surface area contributed by atoms with E-state index in [0.717, 1.165) is 56.1 Å². The van der Waals surface area contributed by atoms with Crippen LogP contribution in [-0.2, 0) is 11.2 Å². The first kappa shape index (κ1) is 15.2. The van der Waals surface area contributed by atoms with Crippen LogP contribution < -0.4 is 4.90 Å². The molecule has 0 atom stereocenters. The third-order valence-corrected chi connectivity index (χ3v) is 4.41. The maximum atomic E-state index is 13.2. The van der Waals surface area contributed by atoms with E-state index < -0.39 is 0 Å². The van der Waals surface area contributed by atoms with Gasteiger partial charge in [-0.15, -0.1) is 0 Å². The Labute approximate surface area is 138 Å². The third kappa shape index (κ3) is 3.13. The van der Waals surface area contributed by atoms with Crippen molar-refractivity contribution in [2.75, 3.05) is 32.8 Å². The van der Waals surface area contributed by atoms with Crippen LogP contribution in [0.15, 0.2) is 36.8 Å². The van der Waals surface area contributed by atoms with Crippen LogP contribution in [0, 0.1) is 5.82 Å². The highest BCUT2D eigenvalue weighted by molar-refractivity contribution is 5.64. The smallest absolute Gasteiger partial charge is 0.252 e. The van der Waals surface area contributed by atoms with E-state index in [0.29, 0.717) is 5.78 Å². The van der Waals surface area contributed by atoms with Gasteiger partial charge in [-0.25, -0.2) is 13.9 Å². The molecule has 0 aliphatic carbocycles. The maximum Gasteiger partial charge on any atom is 0.252 e. The molecule has 1 aliphatic rings. The molecule has 1 aromatic carbocycles. The molecule has 1 saturated heterocycles. The number of rotatable bonds is 4. The number of nitrogens with one attached hydrogen (secondary N) is 1. The summed E-state index contributed by atoms with van der Waals surface area (Å²) in [4.78, 5) is 10.3. The lowest BCUT2D eigenvalue weighted by Gasteiger charge is -2.24. The second kappa shape index (κ2) is 6.62. The molecule has 0 bridgehead atoms. The van der Waals surface area contributed by atoms with Gasteiger partial charge in [0.05, 0.1) is 25.5 Å². The molecule has 2 aromatic heterocycles. The Balaban J connectivity index is 1.66. The van der Waals surface area contributed by atoms with Gasteiger partial charge < -0.3 is 9.64 Å². The van der Waals surface area contributed by atoms with Crippen molar-refractivity contribution in [1.29, 1.82) is 0 Å². The Bertz CT molecular complexity index is 827. The van der Waals surface area contributed by atoms with Gasteiger partial charge in [-0.05, 0) is 24.3 Å². The van der Waals surface area contributed by atoms with Crippen molar-refractivity contribution in [1.82, 2.24) is 19.6 Å². The van der Waals surface area contributed by atoms with E-state index in [1.54, 1.807) is 16.6 Å². The predicted octanol–water partition coefficient (Wildman–Crippen LogP) is 0.388. The molecule has 4 rings (SSSR count). The highest BCUT2D eigenvalue weighted by atomic mass is 19.1. The number of halogens is 1. The third-order valence-electron chi connectivity index (χ3n) is 4.41. The fraction of sp³-hybridized carbons (Fsp3) is 0.353. The Morgan fingerprint density at radius 2 is 1.96 bits per heavy atom. The van der Waals surface area contributed by atoms with Crippen LogP contribution in [0.3, 0.4) is 0 Å². The molecular weight excluding hydrogens is 309 g/mol. The van der Waals surface area contributed by atoms with Gasteiger partial charge in [0, 0.05) is 23.7 Å². The van der Waals surface area contributed by atoms with E-state index in [4.69, 9.17) is 4.74 Å². The standard InChI is InChI=1S/C17H18FN5O/c18-15-3-1-13(2-4-15)16-14(5-6-22-7-9-24-10-8-22)11-23-17(21-16)19-12-20-23/h1-4,11-12H,5-10H2/p+1. The lowest BCUT2D eigenvalue weighted by molar-refractivity contribution is -0.907. The average Bonchev–Trinajstić information content (AvgIpc) is 3.08. The minimum absolute atomic E-state index is 0.249. The zero-order chi connectivity index (χ0) is 16.4. The summed E-state index contributed by atoms with van der Waals surface area (Å²) in [6.07, 6.45) is 4.35. The number of fused-ring (bicyclic) bond motifs is 1. The molecule has 0 spiro atoms. The number of benzene rings is 1. The lowest BCUT2D eigenvalue weighted by Crippen LogP contribution is -3.14. The fourth-order valence-corrected chi connectivity index (χ4v) is 3.06. The molecule has 0 saturated carbocycles.